The summed E-state index contributed by atoms with van der Waals surface area (Å²) in [4.78, 5) is 10.8. The van der Waals surface area contributed by atoms with Crippen LogP contribution in [0.3, 0.4) is 0 Å². The third-order valence-corrected chi connectivity index (χ3v) is 3.16. The van der Waals surface area contributed by atoms with E-state index in [0.29, 0.717) is 0 Å². The molecule has 0 saturated carbocycles. The lowest BCUT2D eigenvalue weighted by Gasteiger charge is -2.36. The summed E-state index contributed by atoms with van der Waals surface area (Å²) < 4.78 is 42.1. The van der Waals surface area contributed by atoms with Crippen LogP contribution in [0.1, 0.15) is 20.8 Å². The van der Waals surface area contributed by atoms with Crippen molar-refractivity contribution >= 4 is 14.2 Å². The number of amides is 1. The van der Waals surface area contributed by atoms with Crippen LogP contribution in [-0.4, -0.2) is 33.0 Å². The summed E-state index contributed by atoms with van der Waals surface area (Å²) in [6, 6.07) is 0. The Morgan fingerprint density at radius 1 is 1.22 bits per heavy atom. The predicted molar refractivity (Wildman–Crippen MR) is 66.7 cm³/mol. The van der Waals surface area contributed by atoms with E-state index < -0.39 is 26.5 Å². The molecule has 0 aliphatic rings. The molecule has 0 aliphatic carbocycles. The Morgan fingerprint density at radius 2 is 1.67 bits per heavy atom. The smallest absolute Gasteiger partial charge is 0.412 e. The van der Waals surface area contributed by atoms with E-state index in [1.165, 1.54) is 0 Å². The maximum atomic E-state index is 12.1. The zero-order valence-electron chi connectivity index (χ0n) is 11.7. The topological polar surface area (TPSA) is 38.3 Å². The Morgan fingerprint density at radius 3 is 1.94 bits per heavy atom. The molecular weight excluding hydrogens is 263 g/mol. The molecule has 0 aromatic rings. The first-order valence-electron chi connectivity index (χ1n) is 5.76. The predicted octanol–water partition coefficient (Wildman–Crippen LogP) is 2.93. The molecule has 18 heavy (non-hydrogen) atoms. The van der Waals surface area contributed by atoms with Crippen LogP contribution in [0.15, 0.2) is 0 Å². The average Bonchev–Trinajstić information content (AvgIpc) is 2.06. The maximum absolute atomic E-state index is 12.1. The van der Waals surface area contributed by atoms with Crippen LogP contribution < -0.4 is 5.32 Å². The zero-order valence-corrected chi connectivity index (χ0v) is 12.7. The van der Waals surface area contributed by atoms with Crippen molar-refractivity contribution < 1.29 is 22.4 Å². The van der Waals surface area contributed by atoms with Gasteiger partial charge in [0, 0.05) is 6.54 Å². The van der Waals surface area contributed by atoms with Gasteiger partial charge in [-0.15, -0.1) is 0 Å². The lowest BCUT2D eigenvalue weighted by Crippen LogP contribution is -2.48. The van der Waals surface area contributed by atoms with Crippen LogP contribution in [-0.2, 0) is 9.22 Å². The number of halogens is 3. The van der Waals surface area contributed by atoms with Gasteiger partial charge >= 0.3 is 12.1 Å². The fraction of sp³-hybridized carbons (Fsp3) is 0.909. The molecule has 0 unspecified atom stereocenters. The van der Waals surface area contributed by atoms with Gasteiger partial charge in [-0.25, -0.2) is 0 Å². The summed E-state index contributed by atoms with van der Waals surface area (Å²) >= 11 is 0. The van der Waals surface area contributed by atoms with Gasteiger partial charge in [-0.05, 0) is 25.1 Å². The van der Waals surface area contributed by atoms with Crippen molar-refractivity contribution in [1.82, 2.24) is 5.32 Å². The minimum Gasteiger partial charge on any atom is -0.412 e. The van der Waals surface area contributed by atoms with Crippen LogP contribution in [0, 0.1) is 5.41 Å². The van der Waals surface area contributed by atoms with Crippen LogP contribution >= 0.6 is 0 Å². The number of carbonyl (C=O) groups excluding carboxylic acids is 1. The van der Waals surface area contributed by atoms with Gasteiger partial charge in [-0.3, -0.25) is 4.79 Å². The molecule has 0 bridgehead atoms. The van der Waals surface area contributed by atoms with Gasteiger partial charge in [-0.1, -0.05) is 20.8 Å². The molecule has 0 radical (unpaired) electrons. The molecular formula is C11H22F3NO2Si. The van der Waals surface area contributed by atoms with Crippen molar-refractivity contribution in [2.24, 2.45) is 5.41 Å². The third kappa shape index (κ3) is 7.00. The molecule has 108 valence electrons. The minimum atomic E-state index is -4.85. The molecule has 0 aromatic carbocycles. The molecule has 0 aliphatic heterocycles. The fourth-order valence-electron chi connectivity index (χ4n) is 1.24. The van der Waals surface area contributed by atoms with Crippen LogP contribution in [0.2, 0.25) is 19.6 Å². The lowest BCUT2D eigenvalue weighted by molar-refractivity contribution is -0.174. The summed E-state index contributed by atoms with van der Waals surface area (Å²) in [6.07, 6.45) is -5.28. The second-order valence-electron chi connectivity index (χ2n) is 6.29. The quantitative estimate of drug-likeness (QED) is 0.807. The largest absolute Gasteiger partial charge is 0.471 e. The van der Waals surface area contributed by atoms with E-state index in [-0.39, 0.29) is 12.0 Å². The molecule has 7 heteroatoms. The number of hydrogen-bond donors (Lipinski definition) is 1. The van der Waals surface area contributed by atoms with Gasteiger partial charge in [0.25, 0.3) is 0 Å². The highest BCUT2D eigenvalue weighted by Gasteiger charge is 2.40. The molecule has 0 spiro atoms. The summed E-state index contributed by atoms with van der Waals surface area (Å²) in [7, 11) is -1.88. The Labute approximate surface area is 107 Å². The molecule has 1 atom stereocenters. The van der Waals surface area contributed by atoms with E-state index in [2.05, 4.69) is 0 Å². The first-order chi connectivity index (χ1) is 7.73. The van der Waals surface area contributed by atoms with E-state index in [1.54, 1.807) is 0 Å². The molecule has 1 N–H and O–H groups in total. The Bertz CT molecular complexity index is 292. The van der Waals surface area contributed by atoms with Crippen LogP contribution in [0.25, 0.3) is 0 Å². The van der Waals surface area contributed by atoms with Gasteiger partial charge in [0.2, 0.25) is 0 Å². The SMILES string of the molecule is CC(C)(C)[C@@H](CNC(=O)C(F)(F)F)O[Si](C)(C)C. The molecule has 0 fully saturated rings. The minimum absolute atomic E-state index is 0.133. The summed E-state index contributed by atoms with van der Waals surface area (Å²) in [5.74, 6) is -1.92. The second-order valence-corrected chi connectivity index (χ2v) is 10.8. The number of hydrogen-bond acceptors (Lipinski definition) is 2. The maximum Gasteiger partial charge on any atom is 0.471 e. The van der Waals surface area contributed by atoms with Crippen molar-refractivity contribution in [3.05, 3.63) is 0 Å². The molecule has 0 saturated heterocycles. The standard InChI is InChI=1S/C11H22F3NO2Si/c1-10(2,3)8(17-18(4,5)6)7-15-9(16)11(12,13)14/h8H,7H2,1-6H3,(H,15,16)/t8-/m1/s1. The first-order valence-corrected chi connectivity index (χ1v) is 9.17. The highest BCUT2D eigenvalue weighted by atomic mass is 28.4. The first kappa shape index (κ1) is 17.4. The van der Waals surface area contributed by atoms with E-state index in [9.17, 15) is 18.0 Å². The number of alkyl halides is 3. The van der Waals surface area contributed by atoms with Gasteiger partial charge in [-0.2, -0.15) is 13.2 Å². The van der Waals surface area contributed by atoms with Crippen molar-refractivity contribution in [1.29, 1.82) is 0 Å². The molecule has 1 amide bonds. The lowest BCUT2D eigenvalue weighted by atomic mass is 9.89. The molecule has 0 aromatic heterocycles. The van der Waals surface area contributed by atoms with Gasteiger partial charge in [0.05, 0.1) is 6.10 Å². The molecule has 3 nitrogen and oxygen atoms in total. The fourth-order valence-corrected chi connectivity index (χ4v) is 2.53. The Balaban J connectivity index is 4.60. The average molecular weight is 285 g/mol. The molecule has 0 heterocycles. The monoisotopic (exact) mass is 285 g/mol. The number of carbonyl (C=O) groups is 1. The highest BCUT2D eigenvalue weighted by molar-refractivity contribution is 6.69. The Kier molecular flexibility index (Phi) is 5.43. The summed E-state index contributed by atoms with van der Waals surface area (Å²) in [6.45, 7) is 11.4. The molecule has 0 rings (SSSR count). The van der Waals surface area contributed by atoms with Gasteiger partial charge in [0.1, 0.15) is 0 Å². The van der Waals surface area contributed by atoms with Gasteiger partial charge in [0.15, 0.2) is 8.32 Å². The van der Waals surface area contributed by atoms with Crippen molar-refractivity contribution in [3.8, 4) is 0 Å². The van der Waals surface area contributed by atoms with Gasteiger partial charge < -0.3 is 9.74 Å². The highest BCUT2D eigenvalue weighted by Crippen LogP contribution is 2.25. The zero-order chi connectivity index (χ0) is 14.8. The third-order valence-electron chi connectivity index (χ3n) is 2.17. The summed E-state index contributed by atoms with van der Waals surface area (Å²) in [5.41, 5.74) is -0.334. The Hall–Kier alpha value is -0.563. The normalized spacial score (nSPS) is 15.4. The van der Waals surface area contributed by atoms with E-state index in [1.807, 2.05) is 45.7 Å². The van der Waals surface area contributed by atoms with E-state index >= 15 is 0 Å². The second kappa shape index (κ2) is 5.60. The van der Waals surface area contributed by atoms with Crippen LogP contribution in [0.4, 0.5) is 13.2 Å². The number of rotatable bonds is 4. The number of nitrogens with one attached hydrogen (secondary N) is 1. The van der Waals surface area contributed by atoms with E-state index in [0.717, 1.165) is 0 Å². The van der Waals surface area contributed by atoms with Crippen molar-refractivity contribution in [2.45, 2.75) is 52.7 Å². The summed E-state index contributed by atoms with van der Waals surface area (Å²) in [5, 5.41) is 1.89. The van der Waals surface area contributed by atoms with E-state index in [4.69, 9.17) is 4.43 Å². The van der Waals surface area contributed by atoms with Crippen molar-refractivity contribution in [2.75, 3.05) is 6.54 Å². The van der Waals surface area contributed by atoms with Crippen molar-refractivity contribution in [3.63, 3.8) is 0 Å². The van der Waals surface area contributed by atoms with Crippen LogP contribution in [0.5, 0.6) is 0 Å².